The molecule has 3 heteroatoms. The van der Waals surface area contributed by atoms with Crippen molar-refractivity contribution in [1.29, 1.82) is 0 Å². The fourth-order valence-electron chi connectivity index (χ4n) is 2.23. The van der Waals surface area contributed by atoms with Gasteiger partial charge in [0.1, 0.15) is 0 Å². The molecule has 0 bridgehead atoms. The Morgan fingerprint density at radius 2 is 1.63 bits per heavy atom. The molecule has 1 heterocycles. The monoisotopic (exact) mass is 251 g/mol. The molecule has 3 rings (SSSR count). The molecule has 0 aliphatic carbocycles. The standard InChI is InChI=1S/C16H13NO2/c18-16-15-9-5-4-8-13(15)11-14(17(16)19)10-12-6-2-1-3-7-12/h1-9,11,19H,10H2. The molecule has 0 atom stereocenters. The van der Waals surface area contributed by atoms with E-state index < -0.39 is 0 Å². The van der Waals surface area contributed by atoms with Crippen molar-refractivity contribution in [1.82, 2.24) is 4.73 Å². The van der Waals surface area contributed by atoms with Crippen LogP contribution in [-0.2, 0) is 6.42 Å². The lowest BCUT2D eigenvalue weighted by molar-refractivity contribution is 0.168. The van der Waals surface area contributed by atoms with Crippen molar-refractivity contribution in [3.8, 4) is 0 Å². The molecule has 0 aliphatic rings. The zero-order chi connectivity index (χ0) is 13.2. The molecule has 19 heavy (non-hydrogen) atoms. The molecular weight excluding hydrogens is 238 g/mol. The maximum Gasteiger partial charge on any atom is 0.290 e. The van der Waals surface area contributed by atoms with Crippen molar-refractivity contribution in [2.75, 3.05) is 0 Å². The molecule has 0 saturated carbocycles. The fraction of sp³-hybridized carbons (Fsp3) is 0.0625. The summed E-state index contributed by atoms with van der Waals surface area (Å²) in [7, 11) is 0. The number of aromatic nitrogens is 1. The lowest BCUT2D eigenvalue weighted by Crippen LogP contribution is -2.21. The van der Waals surface area contributed by atoms with Gasteiger partial charge in [-0.25, -0.2) is 0 Å². The molecule has 3 aromatic rings. The maximum atomic E-state index is 12.1. The van der Waals surface area contributed by atoms with Gasteiger partial charge in [0.05, 0.1) is 11.1 Å². The summed E-state index contributed by atoms with van der Waals surface area (Å²) in [6, 6.07) is 18.9. The molecule has 0 radical (unpaired) electrons. The van der Waals surface area contributed by atoms with E-state index in [0.717, 1.165) is 15.7 Å². The number of nitrogens with zero attached hydrogens (tertiary/aromatic N) is 1. The van der Waals surface area contributed by atoms with E-state index in [1.54, 1.807) is 12.1 Å². The first-order valence-electron chi connectivity index (χ1n) is 6.12. The van der Waals surface area contributed by atoms with Crippen molar-refractivity contribution >= 4 is 10.8 Å². The van der Waals surface area contributed by atoms with Gasteiger partial charge in [0.15, 0.2) is 0 Å². The number of fused-ring (bicyclic) bond motifs is 1. The topological polar surface area (TPSA) is 42.2 Å². The van der Waals surface area contributed by atoms with Crippen LogP contribution in [0.4, 0.5) is 0 Å². The molecule has 0 fully saturated rings. The van der Waals surface area contributed by atoms with Gasteiger partial charge in [-0.3, -0.25) is 4.79 Å². The Hall–Kier alpha value is -2.55. The second-order valence-electron chi connectivity index (χ2n) is 4.50. The summed E-state index contributed by atoms with van der Waals surface area (Å²) in [6.07, 6.45) is 0.525. The van der Waals surface area contributed by atoms with Crippen molar-refractivity contribution in [2.45, 2.75) is 6.42 Å². The van der Waals surface area contributed by atoms with Crippen molar-refractivity contribution in [2.24, 2.45) is 0 Å². The van der Waals surface area contributed by atoms with Gasteiger partial charge in [0.2, 0.25) is 0 Å². The summed E-state index contributed by atoms with van der Waals surface area (Å²) in [6.45, 7) is 0. The van der Waals surface area contributed by atoms with Crippen LogP contribution in [0.3, 0.4) is 0 Å². The first kappa shape index (κ1) is 11.5. The first-order valence-corrected chi connectivity index (χ1v) is 6.12. The minimum absolute atomic E-state index is 0.371. The largest absolute Gasteiger partial charge is 0.425 e. The molecule has 0 saturated heterocycles. The van der Waals surface area contributed by atoms with E-state index in [2.05, 4.69) is 0 Å². The highest BCUT2D eigenvalue weighted by atomic mass is 16.5. The molecule has 1 N–H and O–H groups in total. The van der Waals surface area contributed by atoms with Crippen LogP contribution >= 0.6 is 0 Å². The van der Waals surface area contributed by atoms with Crippen LogP contribution in [0.25, 0.3) is 10.8 Å². The summed E-state index contributed by atoms with van der Waals surface area (Å²) in [5.74, 6) is 0. The average Bonchev–Trinajstić information content (AvgIpc) is 2.46. The third-order valence-corrected chi connectivity index (χ3v) is 3.21. The summed E-state index contributed by atoms with van der Waals surface area (Å²) in [5.41, 5.74) is 1.28. The molecular formula is C16H13NO2. The van der Waals surface area contributed by atoms with Crippen LogP contribution in [0, 0.1) is 0 Å². The normalized spacial score (nSPS) is 10.7. The Balaban J connectivity index is 2.14. The summed E-state index contributed by atoms with van der Waals surface area (Å²) < 4.78 is 0.745. The van der Waals surface area contributed by atoms with Crippen LogP contribution < -0.4 is 5.56 Å². The maximum absolute atomic E-state index is 12.1. The number of benzene rings is 2. The SMILES string of the molecule is O=c1c2ccccc2cc(Cc2ccccc2)n1O. The molecule has 0 unspecified atom stereocenters. The van der Waals surface area contributed by atoms with Gasteiger partial charge < -0.3 is 5.21 Å². The Labute approximate surface area is 110 Å². The Bertz CT molecular complexity index is 776. The first-order chi connectivity index (χ1) is 9.25. The van der Waals surface area contributed by atoms with Gasteiger partial charge in [-0.2, -0.15) is 4.73 Å². The van der Waals surface area contributed by atoms with Gasteiger partial charge in [0.25, 0.3) is 5.56 Å². The predicted molar refractivity (Wildman–Crippen MR) is 74.6 cm³/mol. The number of rotatable bonds is 2. The predicted octanol–water partition coefficient (Wildman–Crippen LogP) is 2.83. The van der Waals surface area contributed by atoms with Crippen LogP contribution in [0.15, 0.2) is 65.5 Å². The highest BCUT2D eigenvalue weighted by molar-refractivity contribution is 5.81. The summed E-state index contributed by atoms with van der Waals surface area (Å²) >= 11 is 0. The Morgan fingerprint density at radius 1 is 0.947 bits per heavy atom. The fourth-order valence-corrected chi connectivity index (χ4v) is 2.23. The van der Waals surface area contributed by atoms with Gasteiger partial charge >= 0.3 is 0 Å². The van der Waals surface area contributed by atoms with Crippen LogP contribution in [0.1, 0.15) is 11.3 Å². The lowest BCUT2D eigenvalue weighted by atomic mass is 10.1. The molecule has 2 aromatic carbocycles. The second-order valence-corrected chi connectivity index (χ2v) is 4.50. The van der Waals surface area contributed by atoms with E-state index >= 15 is 0 Å². The quantitative estimate of drug-likeness (QED) is 0.712. The highest BCUT2D eigenvalue weighted by Crippen LogP contribution is 2.14. The van der Waals surface area contributed by atoms with Gasteiger partial charge in [-0.05, 0) is 23.1 Å². The molecule has 94 valence electrons. The van der Waals surface area contributed by atoms with E-state index in [1.165, 1.54) is 0 Å². The molecule has 3 nitrogen and oxygen atoms in total. The molecule has 0 aliphatic heterocycles. The highest BCUT2D eigenvalue weighted by Gasteiger charge is 2.08. The van der Waals surface area contributed by atoms with Crippen LogP contribution in [0.2, 0.25) is 0 Å². The Morgan fingerprint density at radius 3 is 2.42 bits per heavy atom. The molecule has 0 spiro atoms. The third kappa shape index (κ3) is 2.10. The van der Waals surface area contributed by atoms with E-state index in [9.17, 15) is 10.0 Å². The Kier molecular flexibility index (Phi) is 2.80. The molecule has 1 aromatic heterocycles. The minimum atomic E-state index is -0.371. The van der Waals surface area contributed by atoms with E-state index in [1.807, 2.05) is 48.5 Å². The minimum Gasteiger partial charge on any atom is -0.425 e. The van der Waals surface area contributed by atoms with Gasteiger partial charge in [-0.15, -0.1) is 0 Å². The molecule has 0 amide bonds. The number of hydrogen-bond donors (Lipinski definition) is 1. The average molecular weight is 251 g/mol. The zero-order valence-corrected chi connectivity index (χ0v) is 10.3. The number of hydrogen-bond acceptors (Lipinski definition) is 2. The lowest BCUT2D eigenvalue weighted by Gasteiger charge is -2.08. The van der Waals surface area contributed by atoms with Gasteiger partial charge in [0, 0.05) is 6.42 Å². The number of pyridine rings is 1. The van der Waals surface area contributed by atoms with Crippen molar-refractivity contribution in [3.63, 3.8) is 0 Å². The van der Waals surface area contributed by atoms with E-state index in [0.29, 0.717) is 17.5 Å². The van der Waals surface area contributed by atoms with Crippen LogP contribution in [0.5, 0.6) is 0 Å². The smallest absolute Gasteiger partial charge is 0.290 e. The van der Waals surface area contributed by atoms with Crippen molar-refractivity contribution < 1.29 is 5.21 Å². The van der Waals surface area contributed by atoms with E-state index in [4.69, 9.17) is 0 Å². The van der Waals surface area contributed by atoms with Gasteiger partial charge in [-0.1, -0.05) is 48.5 Å². The van der Waals surface area contributed by atoms with Crippen molar-refractivity contribution in [3.05, 3.63) is 82.3 Å². The zero-order valence-electron chi connectivity index (χ0n) is 10.3. The third-order valence-electron chi connectivity index (χ3n) is 3.21. The summed E-state index contributed by atoms with van der Waals surface area (Å²) in [4.78, 5) is 12.1. The van der Waals surface area contributed by atoms with Crippen LogP contribution in [-0.4, -0.2) is 9.94 Å². The van der Waals surface area contributed by atoms with E-state index in [-0.39, 0.29) is 5.56 Å². The second kappa shape index (κ2) is 4.61. The summed E-state index contributed by atoms with van der Waals surface area (Å²) in [5, 5.41) is 11.3.